The number of amides is 1. The van der Waals surface area contributed by atoms with Crippen molar-refractivity contribution in [1.29, 1.82) is 0 Å². The highest BCUT2D eigenvalue weighted by molar-refractivity contribution is 5.85. The van der Waals surface area contributed by atoms with Gasteiger partial charge in [-0.1, -0.05) is 29.8 Å². The third-order valence-electron chi connectivity index (χ3n) is 3.35. The van der Waals surface area contributed by atoms with Crippen molar-refractivity contribution in [2.45, 2.75) is 45.7 Å². The Bertz CT molecular complexity index is 390. The molecule has 0 aromatic heterocycles. The highest BCUT2D eigenvalue weighted by Gasteiger charge is 2.17. The minimum absolute atomic E-state index is 0. The second-order valence-corrected chi connectivity index (χ2v) is 5.11. The van der Waals surface area contributed by atoms with E-state index in [1.807, 2.05) is 14.0 Å². The SMILES string of the molecule is Cc1ccc(C(C)N(C)C(=O)CCC(C)N)cc1.Cl. The number of benzene rings is 1. The molecule has 0 bridgehead atoms. The van der Waals surface area contributed by atoms with Crippen LogP contribution in [0.3, 0.4) is 0 Å². The van der Waals surface area contributed by atoms with Crippen LogP contribution in [0.1, 0.15) is 43.9 Å². The molecule has 2 atom stereocenters. The van der Waals surface area contributed by atoms with E-state index in [9.17, 15) is 4.79 Å². The normalized spacial score (nSPS) is 13.3. The zero-order valence-electron chi connectivity index (χ0n) is 12.2. The summed E-state index contributed by atoms with van der Waals surface area (Å²) in [5, 5.41) is 0. The topological polar surface area (TPSA) is 46.3 Å². The van der Waals surface area contributed by atoms with Crippen LogP contribution < -0.4 is 5.73 Å². The number of carbonyl (C=O) groups excluding carboxylic acids is 1. The number of rotatable bonds is 5. The molecule has 1 aromatic carbocycles. The molecular weight excluding hydrogens is 260 g/mol. The Labute approximate surface area is 122 Å². The maximum atomic E-state index is 12.0. The van der Waals surface area contributed by atoms with Crippen LogP contribution in [-0.2, 0) is 4.79 Å². The van der Waals surface area contributed by atoms with E-state index in [1.165, 1.54) is 5.56 Å². The summed E-state index contributed by atoms with van der Waals surface area (Å²) in [5.41, 5.74) is 8.07. The van der Waals surface area contributed by atoms with Crippen molar-refractivity contribution in [2.75, 3.05) is 7.05 Å². The Morgan fingerprint density at radius 3 is 2.26 bits per heavy atom. The molecule has 4 heteroatoms. The summed E-state index contributed by atoms with van der Waals surface area (Å²) in [6.45, 7) is 6.04. The van der Waals surface area contributed by atoms with Crippen molar-refractivity contribution in [3.63, 3.8) is 0 Å². The average molecular weight is 285 g/mol. The van der Waals surface area contributed by atoms with Crippen LogP contribution in [0.15, 0.2) is 24.3 Å². The van der Waals surface area contributed by atoms with Gasteiger partial charge >= 0.3 is 0 Å². The molecule has 0 aliphatic carbocycles. The van der Waals surface area contributed by atoms with Crippen molar-refractivity contribution < 1.29 is 4.79 Å². The molecular formula is C15H25ClN2O. The van der Waals surface area contributed by atoms with Crippen LogP contribution in [-0.4, -0.2) is 23.9 Å². The van der Waals surface area contributed by atoms with Crippen LogP contribution in [0.25, 0.3) is 0 Å². The number of nitrogens with two attached hydrogens (primary N) is 1. The molecule has 0 aliphatic rings. The quantitative estimate of drug-likeness (QED) is 0.903. The Hall–Kier alpha value is -1.06. The van der Waals surface area contributed by atoms with Crippen molar-refractivity contribution in [3.05, 3.63) is 35.4 Å². The van der Waals surface area contributed by atoms with Gasteiger partial charge in [-0.05, 0) is 32.8 Å². The molecule has 108 valence electrons. The van der Waals surface area contributed by atoms with E-state index in [-0.39, 0.29) is 30.4 Å². The molecule has 1 amide bonds. The zero-order chi connectivity index (χ0) is 13.7. The van der Waals surface area contributed by atoms with Gasteiger partial charge in [0.1, 0.15) is 0 Å². The summed E-state index contributed by atoms with van der Waals surface area (Å²) in [4.78, 5) is 13.8. The van der Waals surface area contributed by atoms with Gasteiger partial charge in [0.2, 0.25) is 5.91 Å². The monoisotopic (exact) mass is 284 g/mol. The predicted octanol–water partition coefficient (Wildman–Crippen LogP) is 3.06. The molecule has 0 radical (unpaired) electrons. The van der Waals surface area contributed by atoms with Gasteiger partial charge in [-0.3, -0.25) is 4.79 Å². The van der Waals surface area contributed by atoms with Crippen molar-refractivity contribution in [2.24, 2.45) is 5.73 Å². The molecule has 19 heavy (non-hydrogen) atoms. The van der Waals surface area contributed by atoms with E-state index < -0.39 is 0 Å². The number of carbonyl (C=O) groups is 1. The summed E-state index contributed by atoms with van der Waals surface area (Å²) in [7, 11) is 1.86. The third-order valence-corrected chi connectivity index (χ3v) is 3.35. The van der Waals surface area contributed by atoms with E-state index in [0.717, 1.165) is 12.0 Å². The molecule has 0 saturated carbocycles. The minimum Gasteiger partial charge on any atom is -0.339 e. The standard InChI is InChI=1S/C15H24N2O.ClH/c1-11-5-8-14(9-6-11)13(3)17(4)15(18)10-7-12(2)16;/h5-6,8-9,12-13H,7,10,16H2,1-4H3;1H. The maximum Gasteiger partial charge on any atom is 0.222 e. The molecule has 0 spiro atoms. The molecule has 1 aromatic rings. The molecule has 0 saturated heterocycles. The lowest BCUT2D eigenvalue weighted by Crippen LogP contribution is -2.30. The summed E-state index contributed by atoms with van der Waals surface area (Å²) >= 11 is 0. The number of hydrogen-bond donors (Lipinski definition) is 1. The van der Waals surface area contributed by atoms with Crippen molar-refractivity contribution in [1.82, 2.24) is 4.90 Å². The van der Waals surface area contributed by atoms with Crippen LogP contribution in [0.4, 0.5) is 0 Å². The van der Waals surface area contributed by atoms with Gasteiger partial charge < -0.3 is 10.6 Å². The molecule has 1 rings (SSSR count). The first-order chi connectivity index (χ1) is 8.41. The van der Waals surface area contributed by atoms with Crippen molar-refractivity contribution >= 4 is 18.3 Å². The molecule has 0 aliphatic heterocycles. The van der Waals surface area contributed by atoms with Crippen LogP contribution in [0.5, 0.6) is 0 Å². The number of nitrogens with zero attached hydrogens (tertiary/aromatic N) is 1. The van der Waals surface area contributed by atoms with Crippen molar-refractivity contribution in [3.8, 4) is 0 Å². The molecule has 2 unspecified atom stereocenters. The van der Waals surface area contributed by atoms with E-state index in [0.29, 0.717) is 6.42 Å². The summed E-state index contributed by atoms with van der Waals surface area (Å²) in [6.07, 6.45) is 1.26. The highest BCUT2D eigenvalue weighted by Crippen LogP contribution is 2.20. The number of aryl methyl sites for hydroxylation is 1. The lowest BCUT2D eigenvalue weighted by Gasteiger charge is -2.26. The van der Waals surface area contributed by atoms with E-state index in [1.54, 1.807) is 4.90 Å². The Balaban J connectivity index is 0.00000324. The largest absolute Gasteiger partial charge is 0.339 e. The van der Waals surface area contributed by atoms with Gasteiger partial charge in [-0.25, -0.2) is 0 Å². The Morgan fingerprint density at radius 1 is 1.26 bits per heavy atom. The highest BCUT2D eigenvalue weighted by atomic mass is 35.5. The second-order valence-electron chi connectivity index (χ2n) is 5.11. The molecule has 0 fully saturated rings. The summed E-state index contributed by atoms with van der Waals surface area (Å²) < 4.78 is 0. The molecule has 0 heterocycles. The van der Waals surface area contributed by atoms with Gasteiger partial charge in [0.15, 0.2) is 0 Å². The first kappa shape index (κ1) is 17.9. The first-order valence-corrected chi connectivity index (χ1v) is 6.49. The maximum absolute atomic E-state index is 12.0. The lowest BCUT2D eigenvalue weighted by atomic mass is 10.0. The summed E-state index contributed by atoms with van der Waals surface area (Å²) in [6, 6.07) is 8.49. The van der Waals surface area contributed by atoms with E-state index >= 15 is 0 Å². The van der Waals surface area contributed by atoms with Gasteiger partial charge in [-0.2, -0.15) is 0 Å². The minimum atomic E-state index is 0. The molecule has 2 N–H and O–H groups in total. The predicted molar refractivity (Wildman–Crippen MR) is 82.5 cm³/mol. The average Bonchev–Trinajstić information content (AvgIpc) is 2.35. The van der Waals surface area contributed by atoms with Crippen LogP contribution in [0, 0.1) is 6.92 Å². The first-order valence-electron chi connectivity index (χ1n) is 6.49. The smallest absolute Gasteiger partial charge is 0.222 e. The number of halogens is 1. The second kappa shape index (κ2) is 8.18. The fourth-order valence-corrected chi connectivity index (χ4v) is 1.81. The van der Waals surface area contributed by atoms with Gasteiger partial charge in [0, 0.05) is 19.5 Å². The summed E-state index contributed by atoms with van der Waals surface area (Å²) in [5.74, 6) is 0.153. The third kappa shape index (κ3) is 5.62. The number of hydrogen-bond acceptors (Lipinski definition) is 2. The van der Waals surface area contributed by atoms with Gasteiger partial charge in [0.25, 0.3) is 0 Å². The fourth-order valence-electron chi connectivity index (χ4n) is 1.81. The van der Waals surface area contributed by atoms with Crippen LogP contribution in [0.2, 0.25) is 0 Å². The Morgan fingerprint density at radius 2 is 1.79 bits per heavy atom. The van der Waals surface area contributed by atoms with E-state index in [2.05, 4.69) is 38.1 Å². The van der Waals surface area contributed by atoms with Gasteiger partial charge in [-0.15, -0.1) is 12.4 Å². The van der Waals surface area contributed by atoms with E-state index in [4.69, 9.17) is 5.73 Å². The zero-order valence-corrected chi connectivity index (χ0v) is 13.0. The lowest BCUT2D eigenvalue weighted by molar-refractivity contribution is -0.132. The van der Waals surface area contributed by atoms with Crippen LogP contribution >= 0.6 is 12.4 Å². The Kier molecular flexibility index (Phi) is 7.72. The van der Waals surface area contributed by atoms with Gasteiger partial charge in [0.05, 0.1) is 6.04 Å². The fraction of sp³-hybridized carbons (Fsp3) is 0.533. The molecule has 3 nitrogen and oxygen atoms in total.